The average molecular weight is 308 g/mol. The fraction of sp³-hybridized carbons (Fsp3) is 0.467. The molecule has 3 rings (SSSR count). The summed E-state index contributed by atoms with van der Waals surface area (Å²) in [4.78, 5) is 13.8. The summed E-state index contributed by atoms with van der Waals surface area (Å²) in [6, 6.07) is 3.68. The Hall–Kier alpha value is -1.75. The van der Waals surface area contributed by atoms with E-state index >= 15 is 0 Å². The minimum Gasteiger partial charge on any atom is -0.467 e. The molecule has 0 bridgehead atoms. The molecule has 0 aromatic carbocycles. The molecule has 6 heteroatoms. The number of hydrogen-bond donors (Lipinski definition) is 0. The highest BCUT2D eigenvalue weighted by Crippen LogP contribution is 2.26. The van der Waals surface area contributed by atoms with E-state index in [1.807, 2.05) is 23.9 Å². The van der Waals surface area contributed by atoms with Crippen LogP contribution in [-0.4, -0.2) is 26.5 Å². The lowest BCUT2D eigenvalue weighted by Gasteiger charge is -2.20. The van der Waals surface area contributed by atoms with E-state index in [4.69, 9.17) is 16.0 Å². The lowest BCUT2D eigenvalue weighted by Crippen LogP contribution is -2.31. The van der Waals surface area contributed by atoms with Crippen LogP contribution in [0.1, 0.15) is 29.1 Å². The van der Waals surface area contributed by atoms with E-state index in [-0.39, 0.29) is 11.8 Å². The van der Waals surface area contributed by atoms with Crippen molar-refractivity contribution >= 4 is 17.5 Å². The molecule has 2 aromatic rings. The smallest absolute Gasteiger partial charge is 0.238 e. The summed E-state index contributed by atoms with van der Waals surface area (Å²) in [6.45, 7) is 0.902. The summed E-state index contributed by atoms with van der Waals surface area (Å²) in [5.41, 5.74) is 3.57. The van der Waals surface area contributed by atoms with Crippen molar-refractivity contribution in [3.05, 3.63) is 41.1 Å². The number of rotatable bonds is 5. The highest BCUT2D eigenvalue weighted by molar-refractivity contribution is 6.27. The van der Waals surface area contributed by atoms with Crippen LogP contribution in [0.3, 0.4) is 0 Å². The van der Waals surface area contributed by atoms with Gasteiger partial charge in [-0.05, 0) is 37.0 Å². The number of nitrogens with zero attached hydrogens (tertiary/aromatic N) is 3. The number of aryl methyl sites for hydroxylation is 1. The molecule has 1 amide bonds. The molecule has 0 unspecified atom stereocenters. The number of hydrogen-bond acceptors (Lipinski definition) is 3. The van der Waals surface area contributed by atoms with E-state index in [0.29, 0.717) is 13.1 Å². The standard InChI is InChI=1S/C15H18ClN3O2/c1-18-14-6-2-5-12(14)13(17-18)10-19(15(20)8-16)9-11-4-3-7-21-11/h3-4,7H,2,5-6,8-10H2,1H3. The molecule has 0 radical (unpaired) electrons. The van der Waals surface area contributed by atoms with E-state index in [1.165, 1.54) is 11.3 Å². The molecule has 1 aliphatic rings. The fourth-order valence-corrected chi connectivity index (χ4v) is 3.08. The van der Waals surface area contributed by atoms with Gasteiger partial charge in [0.2, 0.25) is 5.91 Å². The lowest BCUT2D eigenvalue weighted by molar-refractivity contribution is -0.130. The van der Waals surface area contributed by atoms with Crippen molar-refractivity contribution in [3.63, 3.8) is 0 Å². The molecule has 0 saturated carbocycles. The topological polar surface area (TPSA) is 51.3 Å². The maximum absolute atomic E-state index is 12.1. The number of carbonyl (C=O) groups is 1. The van der Waals surface area contributed by atoms with Crippen LogP contribution in [0.5, 0.6) is 0 Å². The molecule has 21 heavy (non-hydrogen) atoms. The van der Waals surface area contributed by atoms with Crippen LogP contribution in [0, 0.1) is 0 Å². The summed E-state index contributed by atoms with van der Waals surface area (Å²) >= 11 is 5.73. The second kappa shape index (κ2) is 5.93. The van der Waals surface area contributed by atoms with Crippen molar-refractivity contribution in [1.29, 1.82) is 0 Å². The van der Waals surface area contributed by atoms with Crippen LogP contribution in [0.25, 0.3) is 0 Å². The largest absolute Gasteiger partial charge is 0.467 e. The van der Waals surface area contributed by atoms with E-state index < -0.39 is 0 Å². The number of furan rings is 1. The number of halogens is 1. The second-order valence-electron chi connectivity index (χ2n) is 5.31. The molecular formula is C15H18ClN3O2. The van der Waals surface area contributed by atoms with Gasteiger partial charge in [-0.2, -0.15) is 5.10 Å². The molecular weight excluding hydrogens is 290 g/mol. The van der Waals surface area contributed by atoms with Gasteiger partial charge in [-0.15, -0.1) is 11.6 Å². The molecule has 1 aliphatic carbocycles. The van der Waals surface area contributed by atoms with Crippen LogP contribution in [0.15, 0.2) is 22.8 Å². The molecule has 0 N–H and O–H groups in total. The number of carbonyl (C=O) groups excluding carboxylic acids is 1. The van der Waals surface area contributed by atoms with Crippen LogP contribution >= 0.6 is 11.6 Å². The normalized spacial score (nSPS) is 13.4. The zero-order valence-electron chi connectivity index (χ0n) is 12.0. The Morgan fingerprint density at radius 3 is 3.05 bits per heavy atom. The molecule has 0 aliphatic heterocycles. The predicted molar refractivity (Wildman–Crippen MR) is 78.9 cm³/mol. The minimum absolute atomic E-state index is 0.0320. The Bertz CT molecular complexity index is 634. The van der Waals surface area contributed by atoms with E-state index in [1.54, 1.807) is 11.2 Å². The summed E-state index contributed by atoms with van der Waals surface area (Å²) in [6.07, 6.45) is 4.88. The SMILES string of the molecule is Cn1nc(CN(Cc2ccco2)C(=O)CCl)c2c1CCC2. The average Bonchev–Trinajstić information content (AvgIpc) is 3.19. The lowest BCUT2D eigenvalue weighted by atomic mass is 10.2. The summed E-state index contributed by atoms with van der Waals surface area (Å²) in [7, 11) is 1.97. The highest BCUT2D eigenvalue weighted by Gasteiger charge is 2.24. The van der Waals surface area contributed by atoms with Crippen LogP contribution in [0.4, 0.5) is 0 Å². The molecule has 0 spiro atoms. The Balaban J connectivity index is 1.81. The third-order valence-corrected chi connectivity index (χ3v) is 4.16. The van der Waals surface area contributed by atoms with Crippen molar-refractivity contribution in [2.45, 2.75) is 32.4 Å². The predicted octanol–water partition coefficient (Wildman–Crippen LogP) is 2.27. The van der Waals surface area contributed by atoms with Crippen molar-refractivity contribution in [2.24, 2.45) is 7.05 Å². The Morgan fingerprint density at radius 1 is 1.48 bits per heavy atom. The quantitative estimate of drug-likeness (QED) is 0.796. The van der Waals surface area contributed by atoms with E-state index in [0.717, 1.165) is 30.7 Å². The van der Waals surface area contributed by atoms with Crippen LogP contribution in [-0.2, 0) is 37.8 Å². The third kappa shape index (κ3) is 2.83. The van der Waals surface area contributed by atoms with Gasteiger partial charge in [0.1, 0.15) is 11.6 Å². The number of alkyl halides is 1. The maximum Gasteiger partial charge on any atom is 0.238 e. The highest BCUT2D eigenvalue weighted by atomic mass is 35.5. The van der Waals surface area contributed by atoms with E-state index in [9.17, 15) is 4.79 Å². The summed E-state index contributed by atoms with van der Waals surface area (Å²) in [5, 5.41) is 4.57. The monoisotopic (exact) mass is 307 g/mol. The molecule has 0 saturated heterocycles. The zero-order chi connectivity index (χ0) is 14.8. The van der Waals surface area contributed by atoms with Crippen molar-refractivity contribution < 1.29 is 9.21 Å². The molecule has 2 heterocycles. The van der Waals surface area contributed by atoms with Crippen LogP contribution < -0.4 is 0 Å². The van der Waals surface area contributed by atoms with Gasteiger partial charge < -0.3 is 9.32 Å². The van der Waals surface area contributed by atoms with Crippen molar-refractivity contribution in [2.75, 3.05) is 5.88 Å². The number of fused-ring (bicyclic) bond motifs is 1. The summed E-state index contributed by atoms with van der Waals surface area (Å²) in [5.74, 6) is 0.613. The first kappa shape index (κ1) is 14.2. The van der Waals surface area contributed by atoms with Gasteiger partial charge in [-0.1, -0.05) is 0 Å². The molecule has 5 nitrogen and oxygen atoms in total. The minimum atomic E-state index is -0.106. The summed E-state index contributed by atoms with van der Waals surface area (Å²) < 4.78 is 7.27. The van der Waals surface area contributed by atoms with Gasteiger partial charge in [0.15, 0.2) is 0 Å². The molecule has 0 atom stereocenters. The van der Waals surface area contributed by atoms with Crippen LogP contribution in [0.2, 0.25) is 0 Å². The maximum atomic E-state index is 12.1. The first-order valence-electron chi connectivity index (χ1n) is 7.08. The molecule has 2 aromatic heterocycles. The zero-order valence-corrected chi connectivity index (χ0v) is 12.8. The Labute approximate surface area is 128 Å². The van der Waals surface area contributed by atoms with Gasteiger partial charge in [-0.25, -0.2) is 0 Å². The first-order valence-corrected chi connectivity index (χ1v) is 7.62. The van der Waals surface area contributed by atoms with E-state index in [2.05, 4.69) is 5.10 Å². The number of amides is 1. The first-order chi connectivity index (χ1) is 10.2. The van der Waals surface area contributed by atoms with Gasteiger partial charge in [0, 0.05) is 12.7 Å². The Kier molecular flexibility index (Phi) is 4.01. The van der Waals surface area contributed by atoms with Gasteiger partial charge in [0.25, 0.3) is 0 Å². The third-order valence-electron chi connectivity index (χ3n) is 3.93. The Morgan fingerprint density at radius 2 is 2.33 bits per heavy atom. The molecule has 0 fully saturated rings. The van der Waals surface area contributed by atoms with Crippen molar-refractivity contribution in [3.8, 4) is 0 Å². The van der Waals surface area contributed by atoms with Crippen molar-refractivity contribution in [1.82, 2.24) is 14.7 Å². The van der Waals surface area contributed by atoms with Gasteiger partial charge in [-0.3, -0.25) is 9.48 Å². The van der Waals surface area contributed by atoms with Gasteiger partial charge >= 0.3 is 0 Å². The van der Waals surface area contributed by atoms with Gasteiger partial charge in [0.05, 0.1) is 25.0 Å². The number of aromatic nitrogens is 2. The second-order valence-corrected chi connectivity index (χ2v) is 5.58. The fourth-order valence-electron chi connectivity index (χ4n) is 2.91. The molecule has 112 valence electrons.